The molecule has 34 heavy (non-hydrogen) atoms. The highest BCUT2D eigenvalue weighted by Gasteiger charge is 2.28. The van der Waals surface area contributed by atoms with Crippen LogP contribution < -0.4 is 15.0 Å². The minimum absolute atomic E-state index is 0.0697. The van der Waals surface area contributed by atoms with Gasteiger partial charge in [0.2, 0.25) is 5.91 Å². The number of piperidine rings is 1. The zero-order chi connectivity index (χ0) is 23.7. The first kappa shape index (κ1) is 22.7. The molecule has 0 radical (unpaired) electrons. The van der Waals surface area contributed by atoms with Gasteiger partial charge in [0.15, 0.2) is 10.8 Å². The SMILES string of the molecule is COc1ccccc1CNC(=O)[C@H]1CCCN(c2nc3c(s2)c(C)nn3-c2ccc(Cl)cc2)C1. The van der Waals surface area contributed by atoms with Gasteiger partial charge in [0.1, 0.15) is 5.75 Å². The molecule has 1 N–H and O–H groups in total. The predicted molar refractivity (Wildman–Crippen MR) is 136 cm³/mol. The van der Waals surface area contributed by atoms with Crippen LogP contribution in [0.2, 0.25) is 5.02 Å². The summed E-state index contributed by atoms with van der Waals surface area (Å²) < 4.78 is 8.32. The lowest BCUT2D eigenvalue weighted by atomic mass is 9.97. The molecular formula is C25H26ClN5O2S. The molecule has 176 valence electrons. The summed E-state index contributed by atoms with van der Waals surface area (Å²) in [6.07, 6.45) is 1.82. The Kier molecular flexibility index (Phi) is 6.43. The normalized spacial score (nSPS) is 16.1. The van der Waals surface area contributed by atoms with Crippen molar-refractivity contribution >= 4 is 44.3 Å². The number of halogens is 1. The number of carbonyl (C=O) groups is 1. The number of ether oxygens (including phenoxy) is 1. The van der Waals surface area contributed by atoms with Crippen LogP contribution in [-0.4, -0.2) is 40.9 Å². The van der Waals surface area contributed by atoms with Gasteiger partial charge in [-0.3, -0.25) is 4.79 Å². The lowest BCUT2D eigenvalue weighted by Gasteiger charge is -2.31. The van der Waals surface area contributed by atoms with Crippen molar-refractivity contribution < 1.29 is 9.53 Å². The quantitative estimate of drug-likeness (QED) is 0.408. The molecule has 0 saturated carbocycles. The molecule has 1 aliphatic heterocycles. The fourth-order valence-corrected chi connectivity index (χ4v) is 5.51. The maximum atomic E-state index is 13.0. The van der Waals surface area contributed by atoms with Crippen LogP contribution in [-0.2, 0) is 11.3 Å². The van der Waals surface area contributed by atoms with Gasteiger partial charge in [-0.15, -0.1) is 0 Å². The molecular weight excluding hydrogens is 470 g/mol. The maximum absolute atomic E-state index is 13.0. The average molecular weight is 496 g/mol. The lowest BCUT2D eigenvalue weighted by Crippen LogP contribution is -2.43. The molecule has 2 aromatic heterocycles. The second kappa shape index (κ2) is 9.64. The highest BCUT2D eigenvalue weighted by Crippen LogP contribution is 2.34. The van der Waals surface area contributed by atoms with Crippen LogP contribution in [0.3, 0.4) is 0 Å². The van der Waals surface area contributed by atoms with Crippen molar-refractivity contribution in [3.63, 3.8) is 0 Å². The zero-order valence-corrected chi connectivity index (χ0v) is 20.7. The van der Waals surface area contributed by atoms with Crippen molar-refractivity contribution in [2.45, 2.75) is 26.3 Å². The number of aromatic nitrogens is 3. The third kappa shape index (κ3) is 4.48. The molecule has 0 bridgehead atoms. The molecule has 1 fully saturated rings. The van der Waals surface area contributed by atoms with E-state index >= 15 is 0 Å². The first-order valence-corrected chi connectivity index (χ1v) is 12.5. The van der Waals surface area contributed by atoms with Crippen LogP contribution in [0.5, 0.6) is 5.75 Å². The van der Waals surface area contributed by atoms with Gasteiger partial charge in [-0.1, -0.05) is 41.1 Å². The van der Waals surface area contributed by atoms with Crippen LogP contribution in [0, 0.1) is 12.8 Å². The number of hydrogen-bond acceptors (Lipinski definition) is 6. The van der Waals surface area contributed by atoms with Crippen LogP contribution in [0.1, 0.15) is 24.1 Å². The van der Waals surface area contributed by atoms with E-state index in [-0.39, 0.29) is 11.8 Å². The highest BCUT2D eigenvalue weighted by molar-refractivity contribution is 7.22. The van der Waals surface area contributed by atoms with Gasteiger partial charge in [0.25, 0.3) is 0 Å². The van der Waals surface area contributed by atoms with Gasteiger partial charge in [0.05, 0.1) is 29.1 Å². The maximum Gasteiger partial charge on any atom is 0.225 e. The monoisotopic (exact) mass is 495 g/mol. The van der Waals surface area contributed by atoms with Gasteiger partial charge >= 0.3 is 0 Å². The van der Waals surface area contributed by atoms with Crippen LogP contribution in [0.15, 0.2) is 48.5 Å². The molecule has 1 amide bonds. The number of thiazole rings is 1. The molecule has 0 spiro atoms. The lowest BCUT2D eigenvalue weighted by molar-refractivity contribution is -0.125. The van der Waals surface area contributed by atoms with E-state index in [1.165, 1.54) is 0 Å². The number of methoxy groups -OCH3 is 1. The number of fused-ring (bicyclic) bond motifs is 1. The Morgan fingerprint density at radius 1 is 1.24 bits per heavy atom. The number of anilines is 1. The first-order valence-electron chi connectivity index (χ1n) is 11.3. The number of rotatable bonds is 6. The van der Waals surface area contributed by atoms with E-state index in [1.54, 1.807) is 18.4 Å². The summed E-state index contributed by atoms with van der Waals surface area (Å²) in [5, 5.41) is 9.39. The van der Waals surface area contributed by atoms with E-state index in [9.17, 15) is 4.79 Å². The molecule has 4 aromatic rings. The summed E-state index contributed by atoms with van der Waals surface area (Å²) >= 11 is 7.69. The molecule has 5 rings (SSSR count). The minimum Gasteiger partial charge on any atom is -0.496 e. The average Bonchev–Trinajstić information content (AvgIpc) is 3.44. The highest BCUT2D eigenvalue weighted by atomic mass is 35.5. The molecule has 9 heteroatoms. The van der Waals surface area contributed by atoms with Crippen molar-refractivity contribution in [1.82, 2.24) is 20.1 Å². The van der Waals surface area contributed by atoms with Crippen molar-refractivity contribution in [3.8, 4) is 11.4 Å². The number of aryl methyl sites for hydroxylation is 1. The largest absolute Gasteiger partial charge is 0.496 e. The summed E-state index contributed by atoms with van der Waals surface area (Å²) in [7, 11) is 1.64. The van der Waals surface area contributed by atoms with Crippen LogP contribution >= 0.6 is 22.9 Å². The molecule has 1 saturated heterocycles. The Bertz CT molecular complexity index is 1320. The number of hydrogen-bond donors (Lipinski definition) is 1. The summed E-state index contributed by atoms with van der Waals surface area (Å²) in [6, 6.07) is 15.3. The smallest absolute Gasteiger partial charge is 0.225 e. The number of benzene rings is 2. The molecule has 0 unspecified atom stereocenters. The van der Waals surface area contributed by atoms with E-state index in [4.69, 9.17) is 21.3 Å². The number of nitrogens with zero attached hydrogens (tertiary/aromatic N) is 4. The van der Waals surface area contributed by atoms with Crippen molar-refractivity contribution in [2.24, 2.45) is 5.92 Å². The van der Waals surface area contributed by atoms with Crippen LogP contribution in [0.4, 0.5) is 5.13 Å². The fraction of sp³-hybridized carbons (Fsp3) is 0.320. The topological polar surface area (TPSA) is 72.3 Å². The Morgan fingerprint density at radius 2 is 2.03 bits per heavy atom. The Hall–Kier alpha value is -3.10. The molecule has 0 aliphatic carbocycles. The van der Waals surface area contributed by atoms with Gasteiger partial charge < -0.3 is 15.0 Å². The van der Waals surface area contributed by atoms with E-state index in [2.05, 4.69) is 15.3 Å². The molecule has 7 nitrogen and oxygen atoms in total. The zero-order valence-electron chi connectivity index (χ0n) is 19.1. The molecule has 3 heterocycles. The van der Waals surface area contributed by atoms with Crippen molar-refractivity contribution in [1.29, 1.82) is 0 Å². The van der Waals surface area contributed by atoms with E-state index in [1.807, 2.05) is 60.1 Å². The van der Waals surface area contributed by atoms with Gasteiger partial charge in [-0.2, -0.15) is 10.1 Å². The number of amides is 1. The molecule has 2 aromatic carbocycles. The van der Waals surface area contributed by atoms with Gasteiger partial charge in [-0.25, -0.2) is 4.68 Å². The fourth-order valence-electron chi connectivity index (χ4n) is 4.36. The van der Waals surface area contributed by atoms with E-state index in [0.29, 0.717) is 18.1 Å². The number of para-hydroxylation sites is 1. The Labute approximate surface area is 207 Å². The van der Waals surface area contributed by atoms with Crippen molar-refractivity contribution in [3.05, 3.63) is 64.8 Å². The van der Waals surface area contributed by atoms with E-state index in [0.717, 1.165) is 57.6 Å². The van der Waals surface area contributed by atoms with Crippen molar-refractivity contribution in [2.75, 3.05) is 25.1 Å². The predicted octanol–water partition coefficient (Wildman–Crippen LogP) is 4.99. The summed E-state index contributed by atoms with van der Waals surface area (Å²) in [4.78, 5) is 20.1. The summed E-state index contributed by atoms with van der Waals surface area (Å²) in [6.45, 7) is 4.00. The first-order chi connectivity index (χ1) is 16.5. The molecule has 1 aliphatic rings. The number of nitrogens with one attached hydrogen (secondary N) is 1. The second-order valence-corrected chi connectivity index (χ2v) is 9.85. The third-order valence-corrected chi connectivity index (χ3v) is 7.62. The van der Waals surface area contributed by atoms with Gasteiger partial charge in [-0.05, 0) is 50.1 Å². The van der Waals surface area contributed by atoms with E-state index < -0.39 is 0 Å². The number of carbonyl (C=O) groups excluding carboxylic acids is 1. The molecule has 1 atom stereocenters. The summed E-state index contributed by atoms with van der Waals surface area (Å²) in [5.41, 5.74) is 3.67. The minimum atomic E-state index is -0.0793. The Morgan fingerprint density at radius 3 is 2.82 bits per heavy atom. The third-order valence-electron chi connectivity index (χ3n) is 6.16. The summed E-state index contributed by atoms with van der Waals surface area (Å²) in [5.74, 6) is 0.775. The second-order valence-electron chi connectivity index (χ2n) is 8.44. The Balaban J connectivity index is 1.31. The standard InChI is InChI=1S/C25H26ClN5O2S/c1-16-22-23(31(29-16)20-11-9-19(26)10-12-20)28-25(34-22)30-13-5-7-18(15-30)24(32)27-14-17-6-3-4-8-21(17)33-2/h3-4,6,8-12,18H,5,7,13-15H2,1-2H3,(H,27,32)/t18-/m0/s1. The van der Waals surface area contributed by atoms with Gasteiger partial charge in [0, 0.05) is 30.2 Å². The van der Waals surface area contributed by atoms with Crippen LogP contribution in [0.25, 0.3) is 16.0 Å².